The van der Waals surface area contributed by atoms with Gasteiger partial charge in [0.1, 0.15) is 28.9 Å². The van der Waals surface area contributed by atoms with Crippen LogP contribution in [0, 0.1) is 24.0 Å². The van der Waals surface area contributed by atoms with Gasteiger partial charge in [-0.25, -0.2) is 36.3 Å². The van der Waals surface area contributed by atoms with E-state index in [4.69, 9.17) is 4.74 Å². The van der Waals surface area contributed by atoms with Crippen LogP contribution in [0.25, 0.3) is 5.82 Å². The molecule has 2 aromatic carbocycles. The van der Waals surface area contributed by atoms with E-state index < -0.39 is 84.5 Å². The monoisotopic (exact) mass is 780 g/mol. The van der Waals surface area contributed by atoms with Crippen LogP contribution in [0.5, 0.6) is 0 Å². The summed E-state index contributed by atoms with van der Waals surface area (Å²) >= 11 is 0. The lowest BCUT2D eigenvalue weighted by molar-refractivity contribution is -0.208. The first-order valence-electron chi connectivity index (χ1n) is 15.8. The third-order valence-corrected chi connectivity index (χ3v) is 9.40. The van der Waals surface area contributed by atoms with Crippen molar-refractivity contribution in [2.45, 2.75) is 51.2 Å². The van der Waals surface area contributed by atoms with Gasteiger partial charge in [-0.1, -0.05) is 6.07 Å². The maximum atomic E-state index is 15.2. The number of ether oxygens (including phenoxy) is 1. The number of esters is 1. The topological polar surface area (TPSA) is 188 Å². The molecule has 2 amide bonds. The van der Waals surface area contributed by atoms with Gasteiger partial charge in [0.15, 0.2) is 0 Å². The number of amides is 2. The summed E-state index contributed by atoms with van der Waals surface area (Å²) in [6.07, 6.45) is -2.54. The molecule has 20 heteroatoms. The number of carbonyl (C=O) groups excluding carboxylic acids is 3. The smallest absolute Gasteiger partial charge is 0.402 e. The van der Waals surface area contributed by atoms with E-state index in [1.807, 2.05) is 10.0 Å². The number of alkyl halides is 3. The van der Waals surface area contributed by atoms with E-state index in [1.165, 1.54) is 50.0 Å². The molecule has 0 aliphatic carbocycles. The SMILES string of the molecule is CCOC(=O)[C@H](Cc1ccc(-n2c(=O)c(C)cn(C)c2=O)nc1)NC(=O)c1cc(F)c(NS(=O)(=O)c2ccc(NC(=O)C(C)(C)C(F)(F)F)cc2)cc1F. The molecule has 288 valence electrons. The lowest BCUT2D eigenvalue weighted by Gasteiger charge is -2.26. The van der Waals surface area contributed by atoms with Crippen molar-refractivity contribution in [3.63, 3.8) is 0 Å². The maximum Gasteiger partial charge on any atom is 0.402 e. The first-order valence-corrected chi connectivity index (χ1v) is 17.3. The molecule has 0 bridgehead atoms. The molecule has 54 heavy (non-hydrogen) atoms. The van der Waals surface area contributed by atoms with Gasteiger partial charge in [-0.05, 0) is 69.7 Å². The fraction of sp³-hybridized carbons (Fsp3) is 0.294. The molecule has 14 nitrogen and oxygen atoms in total. The Bertz CT molecular complexity index is 2290. The zero-order valence-corrected chi connectivity index (χ0v) is 30.0. The summed E-state index contributed by atoms with van der Waals surface area (Å²) in [5.74, 6) is -6.43. The maximum absolute atomic E-state index is 15.2. The Morgan fingerprint density at radius 1 is 0.981 bits per heavy atom. The highest BCUT2D eigenvalue weighted by molar-refractivity contribution is 7.92. The van der Waals surface area contributed by atoms with Crippen LogP contribution in [0.2, 0.25) is 0 Å². The normalized spacial score (nSPS) is 12.5. The zero-order valence-electron chi connectivity index (χ0n) is 29.2. The third kappa shape index (κ3) is 8.81. The fourth-order valence-electron chi connectivity index (χ4n) is 4.74. The van der Waals surface area contributed by atoms with Crippen LogP contribution >= 0.6 is 0 Å². The molecule has 2 aromatic heterocycles. The second-order valence-electron chi connectivity index (χ2n) is 12.4. The molecule has 0 saturated heterocycles. The second-order valence-corrected chi connectivity index (χ2v) is 14.1. The summed E-state index contributed by atoms with van der Waals surface area (Å²) < 4.78 is 105. The molecular formula is C34H33F5N6O8S. The Kier molecular flexibility index (Phi) is 11.8. The van der Waals surface area contributed by atoms with Crippen LogP contribution in [-0.2, 0) is 37.8 Å². The molecule has 3 N–H and O–H groups in total. The summed E-state index contributed by atoms with van der Waals surface area (Å²) in [4.78, 5) is 66.7. The molecule has 4 aromatic rings. The molecule has 1 atom stereocenters. The number of anilines is 2. The Balaban J connectivity index is 1.50. The Morgan fingerprint density at radius 2 is 1.63 bits per heavy atom. The summed E-state index contributed by atoms with van der Waals surface area (Å²) in [5, 5.41) is 4.29. The summed E-state index contributed by atoms with van der Waals surface area (Å²) in [6.45, 7) is 4.23. The second kappa shape index (κ2) is 15.6. The number of hydrogen-bond donors (Lipinski definition) is 3. The predicted octanol–water partition coefficient (Wildman–Crippen LogP) is 3.75. The lowest BCUT2D eigenvalue weighted by atomic mass is 9.91. The lowest BCUT2D eigenvalue weighted by Crippen LogP contribution is -2.43. The van der Waals surface area contributed by atoms with Crippen molar-refractivity contribution in [2.75, 3.05) is 16.6 Å². The number of nitrogens with one attached hydrogen (secondary N) is 3. The van der Waals surface area contributed by atoms with Crippen LogP contribution < -0.4 is 26.6 Å². The standard InChI is InChI=1S/C34H33F5N6O8S/c1-6-53-30(48)26(13-19-7-12-27(40-16-19)45-29(47)18(2)17-44(5)32(45)50)42-28(46)22-14-24(36)25(15-23(22)35)43-54(51,52)21-10-8-20(9-11-21)41-31(49)33(3,4)34(37,38)39/h7-12,14-17,26,43H,6,13H2,1-5H3,(H,41,49)(H,42,46)/t26-/m0/s1. The molecule has 2 heterocycles. The molecular weight excluding hydrogens is 747 g/mol. The van der Waals surface area contributed by atoms with Crippen molar-refractivity contribution in [1.29, 1.82) is 0 Å². The van der Waals surface area contributed by atoms with Gasteiger partial charge in [0, 0.05) is 43.2 Å². The van der Waals surface area contributed by atoms with Crippen LogP contribution in [0.15, 0.2) is 75.4 Å². The summed E-state index contributed by atoms with van der Waals surface area (Å²) in [5.41, 5.74) is -5.43. The number of carbonyl (C=O) groups is 3. The number of aromatic nitrogens is 3. The van der Waals surface area contributed by atoms with Gasteiger partial charge in [0.05, 0.1) is 22.8 Å². The predicted molar refractivity (Wildman–Crippen MR) is 183 cm³/mol. The average Bonchev–Trinajstić information content (AvgIpc) is 3.09. The zero-order chi connectivity index (χ0) is 40.3. The van der Waals surface area contributed by atoms with Crippen LogP contribution in [0.3, 0.4) is 0 Å². The number of rotatable bonds is 12. The first kappa shape index (κ1) is 40.8. The van der Waals surface area contributed by atoms with Gasteiger partial charge in [0.2, 0.25) is 5.91 Å². The molecule has 0 fully saturated rings. The van der Waals surface area contributed by atoms with Crippen LogP contribution in [0.1, 0.15) is 42.3 Å². The average molecular weight is 781 g/mol. The number of halogens is 5. The number of benzene rings is 2. The molecule has 0 spiro atoms. The van der Waals surface area contributed by atoms with Crippen molar-refractivity contribution in [3.05, 3.63) is 110 Å². The Hall–Kier alpha value is -5.92. The van der Waals surface area contributed by atoms with Gasteiger partial charge < -0.3 is 19.9 Å². The molecule has 0 aliphatic heterocycles. The van der Waals surface area contributed by atoms with E-state index in [9.17, 15) is 45.6 Å². The number of hydrogen-bond acceptors (Lipinski definition) is 9. The summed E-state index contributed by atoms with van der Waals surface area (Å²) in [7, 11) is -3.18. The molecule has 0 unspecified atom stereocenters. The number of pyridine rings is 1. The van der Waals surface area contributed by atoms with Crippen LogP contribution in [-0.4, -0.2) is 59.1 Å². The molecule has 4 rings (SSSR count). The van der Waals surface area contributed by atoms with Gasteiger partial charge in [0.25, 0.3) is 21.5 Å². The van der Waals surface area contributed by atoms with Gasteiger partial charge in [-0.15, -0.1) is 0 Å². The largest absolute Gasteiger partial charge is 0.464 e. The van der Waals surface area contributed by atoms with Crippen LogP contribution in [0.4, 0.5) is 33.3 Å². The van der Waals surface area contributed by atoms with Crippen molar-refractivity contribution in [1.82, 2.24) is 19.4 Å². The Labute approximate surface area is 304 Å². The van der Waals surface area contributed by atoms with Gasteiger partial charge >= 0.3 is 17.8 Å². The molecule has 0 aliphatic rings. The number of nitrogens with zero attached hydrogens (tertiary/aromatic N) is 3. The molecule has 0 saturated carbocycles. The third-order valence-electron chi connectivity index (χ3n) is 8.02. The van der Waals surface area contributed by atoms with E-state index in [-0.39, 0.29) is 30.1 Å². The van der Waals surface area contributed by atoms with Crippen molar-refractivity contribution in [3.8, 4) is 5.82 Å². The van der Waals surface area contributed by atoms with E-state index >= 15 is 8.78 Å². The van der Waals surface area contributed by atoms with E-state index in [2.05, 4.69) is 10.3 Å². The van der Waals surface area contributed by atoms with Crippen molar-refractivity contribution < 1.29 is 49.5 Å². The van der Waals surface area contributed by atoms with Gasteiger partial charge in [-0.3, -0.25) is 19.1 Å². The van der Waals surface area contributed by atoms with E-state index in [0.29, 0.717) is 31.5 Å². The fourth-order valence-corrected chi connectivity index (χ4v) is 5.80. The van der Waals surface area contributed by atoms with Crippen molar-refractivity contribution in [2.24, 2.45) is 12.5 Å². The molecule has 0 radical (unpaired) electrons. The number of sulfonamides is 1. The minimum Gasteiger partial charge on any atom is -0.464 e. The number of aryl methyl sites for hydroxylation is 2. The van der Waals surface area contributed by atoms with E-state index in [0.717, 1.165) is 28.8 Å². The highest BCUT2D eigenvalue weighted by Crippen LogP contribution is 2.38. The van der Waals surface area contributed by atoms with Crippen molar-refractivity contribution >= 4 is 39.2 Å². The van der Waals surface area contributed by atoms with E-state index in [1.54, 1.807) is 0 Å². The quantitative estimate of drug-likeness (QED) is 0.142. The minimum absolute atomic E-state index is 0.0208. The Morgan fingerprint density at radius 3 is 2.20 bits per heavy atom. The highest BCUT2D eigenvalue weighted by Gasteiger charge is 2.53. The first-order chi connectivity index (χ1) is 25.1. The highest BCUT2D eigenvalue weighted by atomic mass is 32.2. The minimum atomic E-state index is -4.87. The van der Waals surface area contributed by atoms with Gasteiger partial charge in [-0.2, -0.15) is 13.2 Å². The summed E-state index contributed by atoms with van der Waals surface area (Å²) in [6, 6.07) is 5.84.